The maximum absolute atomic E-state index is 13.8. The highest BCUT2D eigenvalue weighted by atomic mass is 16.7. The lowest BCUT2D eigenvalue weighted by molar-refractivity contribution is 0.0728. The Morgan fingerprint density at radius 2 is 1.71 bits per heavy atom. The summed E-state index contributed by atoms with van der Waals surface area (Å²) in [4.78, 5) is 24.5. The van der Waals surface area contributed by atoms with Crippen LogP contribution < -0.4 is 23.8 Å². The van der Waals surface area contributed by atoms with Gasteiger partial charge in [0.25, 0.3) is 5.91 Å². The van der Waals surface area contributed by atoms with Gasteiger partial charge in [0, 0.05) is 56.8 Å². The fourth-order valence-electron chi connectivity index (χ4n) is 4.03. The fourth-order valence-corrected chi connectivity index (χ4v) is 4.03. The third-order valence-electron chi connectivity index (χ3n) is 5.89. The fraction of sp³-hybridized carbons (Fsp3) is 0.385. The Morgan fingerprint density at radius 1 is 0.971 bits per heavy atom. The average Bonchev–Trinajstić information content (AvgIpc) is 3.30. The van der Waals surface area contributed by atoms with Gasteiger partial charge in [-0.3, -0.25) is 4.79 Å². The number of hydrogen-bond acceptors (Lipinski definition) is 8. The van der Waals surface area contributed by atoms with Crippen LogP contribution in [0.25, 0.3) is 10.9 Å². The van der Waals surface area contributed by atoms with Crippen molar-refractivity contribution in [1.82, 2.24) is 14.8 Å². The maximum atomic E-state index is 13.8. The van der Waals surface area contributed by atoms with Gasteiger partial charge in [0.05, 0.1) is 25.3 Å². The van der Waals surface area contributed by atoms with Crippen molar-refractivity contribution >= 4 is 22.6 Å². The number of methoxy groups -OCH3 is 2. The molecule has 0 aliphatic carbocycles. The van der Waals surface area contributed by atoms with Gasteiger partial charge >= 0.3 is 0 Å². The van der Waals surface area contributed by atoms with Crippen molar-refractivity contribution in [2.24, 2.45) is 0 Å². The number of benzene rings is 2. The van der Waals surface area contributed by atoms with E-state index in [0.717, 1.165) is 22.3 Å². The molecule has 186 valence electrons. The normalized spacial score (nSPS) is 12.2. The molecule has 1 amide bonds. The van der Waals surface area contributed by atoms with E-state index in [1.54, 1.807) is 32.4 Å². The first kappa shape index (κ1) is 24.4. The lowest BCUT2D eigenvalue weighted by Gasteiger charge is -2.27. The Balaban J connectivity index is 1.74. The summed E-state index contributed by atoms with van der Waals surface area (Å²) in [7, 11) is 11.0. The minimum absolute atomic E-state index is 0.123. The summed E-state index contributed by atoms with van der Waals surface area (Å²) < 4.78 is 21.9. The average molecular weight is 481 g/mol. The molecule has 1 aliphatic heterocycles. The molecule has 2 heterocycles. The predicted octanol–water partition coefficient (Wildman–Crippen LogP) is 3.25. The number of carbonyl (C=O) groups excluding carboxylic acids is 1. The first-order chi connectivity index (χ1) is 16.8. The van der Waals surface area contributed by atoms with E-state index in [2.05, 4.69) is 11.0 Å². The van der Waals surface area contributed by atoms with Gasteiger partial charge in [0.2, 0.25) is 6.79 Å². The highest BCUT2D eigenvalue weighted by Crippen LogP contribution is 2.37. The summed E-state index contributed by atoms with van der Waals surface area (Å²) in [6.45, 7) is 1.83. The molecule has 9 heteroatoms. The zero-order chi connectivity index (χ0) is 25.1. The molecular formula is C26H32N4O5. The molecule has 0 bridgehead atoms. The molecule has 0 saturated heterocycles. The van der Waals surface area contributed by atoms with Crippen LogP contribution in [-0.4, -0.2) is 83.0 Å². The number of aromatic nitrogens is 1. The van der Waals surface area contributed by atoms with Crippen molar-refractivity contribution in [3.8, 4) is 23.0 Å². The standard InChI is InChI=1S/C26H32N4O5/c1-28(2)9-10-30(26(31)20-8-7-19(32-5)13-22(20)33-6)15-18-11-17-12-23-24(35-16-34-23)14-21(17)27-25(18)29(3)4/h7-8,11-14H,9-10,15-16H2,1-6H3. The van der Waals surface area contributed by atoms with Gasteiger partial charge in [-0.15, -0.1) is 0 Å². The molecule has 0 unspecified atom stereocenters. The molecule has 4 rings (SSSR count). The monoisotopic (exact) mass is 480 g/mol. The third-order valence-corrected chi connectivity index (χ3v) is 5.89. The Labute approximate surface area is 205 Å². The molecule has 0 spiro atoms. The van der Waals surface area contributed by atoms with Crippen LogP contribution >= 0.6 is 0 Å². The molecule has 9 nitrogen and oxygen atoms in total. The van der Waals surface area contributed by atoms with Crippen LogP contribution in [0, 0.1) is 0 Å². The maximum Gasteiger partial charge on any atom is 0.257 e. The molecule has 0 radical (unpaired) electrons. The second-order valence-corrected chi connectivity index (χ2v) is 8.86. The molecule has 0 N–H and O–H groups in total. The van der Waals surface area contributed by atoms with Gasteiger partial charge in [-0.1, -0.05) is 0 Å². The summed E-state index contributed by atoms with van der Waals surface area (Å²) >= 11 is 0. The molecule has 3 aromatic rings. The van der Waals surface area contributed by atoms with Crippen LogP contribution in [0.1, 0.15) is 15.9 Å². The lowest BCUT2D eigenvalue weighted by Crippen LogP contribution is -2.37. The number of rotatable bonds is 9. The largest absolute Gasteiger partial charge is 0.497 e. The Morgan fingerprint density at radius 3 is 2.37 bits per heavy atom. The van der Waals surface area contributed by atoms with Gasteiger partial charge in [-0.05, 0) is 38.4 Å². The Hall–Kier alpha value is -3.72. The second kappa shape index (κ2) is 10.3. The molecular weight excluding hydrogens is 448 g/mol. The number of ether oxygens (including phenoxy) is 4. The number of amides is 1. The number of likely N-dealkylation sites (N-methyl/N-ethyl adjacent to an activating group) is 1. The van der Waals surface area contributed by atoms with Crippen molar-refractivity contribution < 1.29 is 23.7 Å². The lowest BCUT2D eigenvalue weighted by atomic mass is 10.1. The van der Waals surface area contributed by atoms with E-state index in [-0.39, 0.29) is 12.7 Å². The molecule has 2 aromatic carbocycles. The Kier molecular flexibility index (Phi) is 7.16. The van der Waals surface area contributed by atoms with Crippen LogP contribution in [0.5, 0.6) is 23.0 Å². The molecule has 35 heavy (non-hydrogen) atoms. The molecule has 1 aliphatic rings. The van der Waals surface area contributed by atoms with E-state index in [9.17, 15) is 4.79 Å². The van der Waals surface area contributed by atoms with Gasteiger partial charge in [-0.2, -0.15) is 0 Å². The van der Waals surface area contributed by atoms with Crippen molar-refractivity contribution in [1.29, 1.82) is 0 Å². The van der Waals surface area contributed by atoms with Crippen molar-refractivity contribution in [2.45, 2.75) is 6.54 Å². The number of anilines is 1. The minimum atomic E-state index is -0.123. The van der Waals surface area contributed by atoms with E-state index in [1.165, 1.54) is 0 Å². The van der Waals surface area contributed by atoms with Crippen LogP contribution in [0.15, 0.2) is 36.4 Å². The first-order valence-electron chi connectivity index (χ1n) is 11.4. The van der Waals surface area contributed by atoms with Crippen LogP contribution in [0.4, 0.5) is 5.82 Å². The van der Waals surface area contributed by atoms with Gasteiger partial charge in [-0.25, -0.2) is 4.98 Å². The number of pyridine rings is 1. The number of nitrogens with zero attached hydrogens (tertiary/aromatic N) is 4. The van der Waals surface area contributed by atoms with Crippen molar-refractivity contribution in [2.75, 3.05) is 67.2 Å². The first-order valence-corrected chi connectivity index (χ1v) is 11.4. The quantitative estimate of drug-likeness (QED) is 0.462. The van der Waals surface area contributed by atoms with Crippen molar-refractivity contribution in [3.05, 3.63) is 47.5 Å². The highest BCUT2D eigenvalue weighted by Gasteiger charge is 2.23. The SMILES string of the molecule is COc1ccc(C(=O)N(CCN(C)C)Cc2cc3cc4c(cc3nc2N(C)C)OCO4)c(OC)c1. The van der Waals surface area contributed by atoms with Gasteiger partial charge < -0.3 is 33.6 Å². The van der Waals surface area contributed by atoms with Crippen LogP contribution in [0.3, 0.4) is 0 Å². The number of hydrogen-bond donors (Lipinski definition) is 0. The van der Waals surface area contributed by atoms with E-state index in [1.807, 2.05) is 50.1 Å². The topological polar surface area (TPSA) is 76.6 Å². The zero-order valence-electron chi connectivity index (χ0n) is 21.1. The Bertz CT molecular complexity index is 1230. The minimum Gasteiger partial charge on any atom is -0.497 e. The number of fused-ring (bicyclic) bond motifs is 2. The van der Waals surface area contributed by atoms with Crippen molar-refractivity contribution in [3.63, 3.8) is 0 Å². The highest BCUT2D eigenvalue weighted by molar-refractivity contribution is 5.97. The molecule has 1 aromatic heterocycles. The summed E-state index contributed by atoms with van der Waals surface area (Å²) in [5.74, 6) is 3.16. The summed E-state index contributed by atoms with van der Waals surface area (Å²) in [5.41, 5.74) is 2.22. The van der Waals surface area contributed by atoms with E-state index >= 15 is 0 Å². The van der Waals surface area contributed by atoms with E-state index in [4.69, 9.17) is 23.9 Å². The molecule has 0 atom stereocenters. The zero-order valence-corrected chi connectivity index (χ0v) is 21.1. The second-order valence-electron chi connectivity index (χ2n) is 8.86. The summed E-state index contributed by atoms with van der Waals surface area (Å²) in [6, 6.07) is 11.1. The summed E-state index contributed by atoms with van der Waals surface area (Å²) in [5, 5.41) is 0.928. The smallest absolute Gasteiger partial charge is 0.257 e. The predicted molar refractivity (Wildman–Crippen MR) is 135 cm³/mol. The van der Waals surface area contributed by atoms with Crippen LogP contribution in [0.2, 0.25) is 0 Å². The van der Waals surface area contributed by atoms with Crippen LogP contribution in [-0.2, 0) is 6.54 Å². The van der Waals surface area contributed by atoms with Gasteiger partial charge in [0.1, 0.15) is 17.3 Å². The van der Waals surface area contributed by atoms with E-state index in [0.29, 0.717) is 48.2 Å². The number of carbonyl (C=O) groups is 1. The third kappa shape index (κ3) is 5.19. The van der Waals surface area contributed by atoms with Gasteiger partial charge in [0.15, 0.2) is 11.5 Å². The molecule has 0 saturated carbocycles. The van der Waals surface area contributed by atoms with E-state index < -0.39 is 0 Å². The summed E-state index contributed by atoms with van der Waals surface area (Å²) in [6.07, 6.45) is 0. The molecule has 0 fully saturated rings.